The molecule has 0 saturated carbocycles. The van der Waals surface area contributed by atoms with E-state index in [2.05, 4.69) is 60.0 Å². The van der Waals surface area contributed by atoms with Crippen LogP contribution >= 0.6 is 0 Å². The molecule has 2 aromatic carbocycles. The fraction of sp³-hybridized carbons (Fsp3) is 0.394. The smallest absolute Gasteiger partial charge is 0.232 e. The van der Waals surface area contributed by atoms with Crippen molar-refractivity contribution in [3.63, 3.8) is 0 Å². The topological polar surface area (TPSA) is 95.6 Å². The van der Waals surface area contributed by atoms with Gasteiger partial charge >= 0.3 is 0 Å². The molecule has 2 aliphatic heterocycles. The van der Waals surface area contributed by atoms with Crippen molar-refractivity contribution >= 4 is 5.91 Å². The lowest BCUT2D eigenvalue weighted by Gasteiger charge is -2.55. The Morgan fingerprint density at radius 3 is 2.49 bits per heavy atom. The second-order valence-corrected chi connectivity index (χ2v) is 12.3. The Kier molecular flexibility index (Phi) is 6.99. The van der Waals surface area contributed by atoms with E-state index in [1.54, 1.807) is 12.4 Å². The van der Waals surface area contributed by atoms with E-state index in [1.165, 1.54) is 5.56 Å². The summed E-state index contributed by atoms with van der Waals surface area (Å²) in [6.07, 6.45) is 3.77. The lowest BCUT2D eigenvalue weighted by atomic mass is 9.62. The van der Waals surface area contributed by atoms with Gasteiger partial charge in [-0.25, -0.2) is 0 Å². The molecule has 0 aliphatic carbocycles. The van der Waals surface area contributed by atoms with Gasteiger partial charge in [0.15, 0.2) is 0 Å². The number of hydrogen-bond acceptors (Lipinski definition) is 7. The zero-order valence-corrected chi connectivity index (χ0v) is 24.1. The Hall–Kier alpha value is -3.88. The van der Waals surface area contributed by atoms with E-state index in [4.69, 9.17) is 4.52 Å². The van der Waals surface area contributed by atoms with Gasteiger partial charge in [0, 0.05) is 61.5 Å². The molecule has 212 valence electrons. The summed E-state index contributed by atoms with van der Waals surface area (Å²) in [6, 6.07) is 20.2. The van der Waals surface area contributed by atoms with E-state index in [1.807, 2.05) is 53.4 Å². The Labute approximate surface area is 241 Å². The molecule has 41 heavy (non-hydrogen) atoms. The van der Waals surface area contributed by atoms with Crippen molar-refractivity contribution < 1.29 is 14.4 Å². The number of aliphatic hydroxyl groups is 1. The second kappa shape index (κ2) is 10.5. The Bertz CT molecular complexity index is 1530. The van der Waals surface area contributed by atoms with Crippen LogP contribution in [0.25, 0.3) is 11.4 Å². The zero-order chi connectivity index (χ0) is 28.8. The minimum Gasteiger partial charge on any atom is -0.380 e. The number of pyridine rings is 1. The van der Waals surface area contributed by atoms with E-state index in [0.29, 0.717) is 48.3 Å². The summed E-state index contributed by atoms with van der Waals surface area (Å²) in [5.74, 6) is 1.16. The van der Waals surface area contributed by atoms with Gasteiger partial charge in [-0.1, -0.05) is 80.5 Å². The number of carbonyl (C=O) groups is 1. The first-order valence-electron chi connectivity index (χ1n) is 14.3. The van der Waals surface area contributed by atoms with Gasteiger partial charge in [-0.3, -0.25) is 9.78 Å². The van der Waals surface area contributed by atoms with Gasteiger partial charge in [0.05, 0.1) is 5.92 Å². The maximum Gasteiger partial charge on any atom is 0.232 e. The summed E-state index contributed by atoms with van der Waals surface area (Å²) in [6.45, 7) is 9.05. The third kappa shape index (κ3) is 4.96. The van der Waals surface area contributed by atoms with Crippen LogP contribution < -0.4 is 0 Å². The molecule has 1 unspecified atom stereocenters. The summed E-state index contributed by atoms with van der Waals surface area (Å²) in [5.41, 5.74) is 2.85. The van der Waals surface area contributed by atoms with Crippen molar-refractivity contribution in [1.29, 1.82) is 0 Å². The summed E-state index contributed by atoms with van der Waals surface area (Å²) in [5, 5.41) is 16.8. The molecule has 2 atom stereocenters. The molecular weight excluding hydrogens is 514 g/mol. The van der Waals surface area contributed by atoms with Crippen LogP contribution in [0.4, 0.5) is 0 Å². The molecule has 2 fully saturated rings. The van der Waals surface area contributed by atoms with Crippen LogP contribution in [0.2, 0.25) is 0 Å². The predicted octanol–water partition coefficient (Wildman–Crippen LogP) is 4.96. The number of likely N-dealkylation sites (tertiary alicyclic amines) is 2. The minimum absolute atomic E-state index is 0.0783. The molecule has 2 aliphatic rings. The molecule has 2 aromatic heterocycles. The largest absolute Gasteiger partial charge is 0.380 e. The first-order valence-corrected chi connectivity index (χ1v) is 14.3. The van der Waals surface area contributed by atoms with Crippen LogP contribution in [-0.2, 0) is 16.9 Å². The third-order valence-electron chi connectivity index (χ3n) is 8.74. The number of amides is 1. The lowest BCUT2D eigenvalue weighted by Crippen LogP contribution is -2.63. The maximum atomic E-state index is 12.7. The fourth-order valence-electron chi connectivity index (χ4n) is 6.52. The lowest BCUT2D eigenvalue weighted by molar-refractivity contribution is -0.128. The molecule has 4 aromatic rings. The molecule has 0 radical (unpaired) electrons. The van der Waals surface area contributed by atoms with E-state index in [-0.39, 0.29) is 11.8 Å². The van der Waals surface area contributed by atoms with Crippen molar-refractivity contribution in [3.05, 3.63) is 101 Å². The van der Waals surface area contributed by atoms with E-state index in [0.717, 1.165) is 24.2 Å². The van der Waals surface area contributed by atoms with Crippen LogP contribution in [0.5, 0.6) is 0 Å². The van der Waals surface area contributed by atoms with Crippen LogP contribution in [0, 0.1) is 5.41 Å². The summed E-state index contributed by atoms with van der Waals surface area (Å²) < 4.78 is 5.67. The SMILES string of the molecule is CC(C)c1ccc([C@](O)(c2cncc(-c3noc(C4CC(=O)N(Cc5ccccc5)C4)n3)c2)C2(C)CN(C)C2)cc1. The van der Waals surface area contributed by atoms with Crippen molar-refractivity contribution in [3.8, 4) is 11.4 Å². The third-order valence-corrected chi connectivity index (χ3v) is 8.74. The van der Waals surface area contributed by atoms with Crippen molar-refractivity contribution in [1.82, 2.24) is 24.9 Å². The van der Waals surface area contributed by atoms with Gasteiger partial charge in [0.1, 0.15) is 5.60 Å². The standard InChI is InChI=1S/C33H37N5O3/c1-22(2)24-10-12-27(13-11-24)33(40,32(3)20-37(4)21-32)28-14-25(16-34-17-28)30-35-31(41-36-30)26-15-29(39)38(19-26)18-23-8-6-5-7-9-23/h5-14,16-17,22,26,40H,15,18-21H2,1-4H3/t26?,33-/m0/s1. The van der Waals surface area contributed by atoms with Crippen LogP contribution in [-0.4, -0.2) is 62.6 Å². The van der Waals surface area contributed by atoms with Gasteiger partial charge < -0.3 is 19.4 Å². The molecule has 4 heterocycles. The quantitative estimate of drug-likeness (QED) is 0.331. The van der Waals surface area contributed by atoms with Crippen LogP contribution in [0.1, 0.15) is 67.2 Å². The minimum atomic E-state index is -1.26. The summed E-state index contributed by atoms with van der Waals surface area (Å²) in [7, 11) is 2.06. The average molecular weight is 552 g/mol. The van der Waals surface area contributed by atoms with Gasteiger partial charge in [0.25, 0.3) is 0 Å². The van der Waals surface area contributed by atoms with E-state index < -0.39 is 11.0 Å². The van der Waals surface area contributed by atoms with Crippen molar-refractivity contribution in [2.45, 2.75) is 51.2 Å². The summed E-state index contributed by atoms with van der Waals surface area (Å²) in [4.78, 5) is 26.0. The van der Waals surface area contributed by atoms with Crippen LogP contribution in [0.15, 0.2) is 77.6 Å². The molecule has 0 bridgehead atoms. The highest BCUT2D eigenvalue weighted by atomic mass is 16.5. The monoisotopic (exact) mass is 551 g/mol. The first-order chi connectivity index (χ1) is 19.7. The molecule has 8 nitrogen and oxygen atoms in total. The molecule has 1 N–H and O–H groups in total. The molecule has 2 saturated heterocycles. The molecule has 0 spiro atoms. The molecule has 8 heteroatoms. The van der Waals surface area contributed by atoms with E-state index >= 15 is 0 Å². The van der Waals surface area contributed by atoms with Gasteiger partial charge in [-0.2, -0.15) is 4.98 Å². The summed E-state index contributed by atoms with van der Waals surface area (Å²) >= 11 is 0. The number of nitrogens with zero attached hydrogens (tertiary/aromatic N) is 5. The maximum absolute atomic E-state index is 12.7. The van der Waals surface area contributed by atoms with Gasteiger partial charge in [0.2, 0.25) is 17.6 Å². The van der Waals surface area contributed by atoms with Gasteiger partial charge in [-0.05, 0) is 35.7 Å². The predicted molar refractivity (Wildman–Crippen MR) is 156 cm³/mol. The number of aromatic nitrogens is 3. The number of benzene rings is 2. The fourth-order valence-corrected chi connectivity index (χ4v) is 6.52. The molecule has 6 rings (SSSR count). The first kappa shape index (κ1) is 27.3. The Morgan fingerprint density at radius 1 is 1.07 bits per heavy atom. The highest BCUT2D eigenvalue weighted by Gasteiger charge is 2.55. The Morgan fingerprint density at radius 2 is 1.80 bits per heavy atom. The van der Waals surface area contributed by atoms with Crippen molar-refractivity contribution in [2.75, 3.05) is 26.7 Å². The highest BCUT2D eigenvalue weighted by Crippen LogP contribution is 2.50. The van der Waals surface area contributed by atoms with Gasteiger partial charge in [-0.15, -0.1) is 0 Å². The molecule has 1 amide bonds. The van der Waals surface area contributed by atoms with E-state index in [9.17, 15) is 9.90 Å². The zero-order valence-electron chi connectivity index (χ0n) is 24.1. The number of hydrogen-bond donors (Lipinski definition) is 1. The second-order valence-electron chi connectivity index (χ2n) is 12.3. The Balaban J connectivity index is 1.28. The average Bonchev–Trinajstić information content (AvgIpc) is 3.60. The molecular formula is C33H37N5O3. The van der Waals surface area contributed by atoms with Crippen LogP contribution in [0.3, 0.4) is 0 Å². The normalized spacial score (nSPS) is 20.3. The van der Waals surface area contributed by atoms with Crippen molar-refractivity contribution in [2.24, 2.45) is 5.41 Å². The number of carbonyl (C=O) groups excluding carboxylic acids is 1. The number of rotatable bonds is 8. The highest BCUT2D eigenvalue weighted by molar-refractivity contribution is 5.79.